The first-order chi connectivity index (χ1) is 7.74. The molecule has 88 valence electrons. The SMILES string of the molecule is CC1CCCC(n2nc(C3CC3)cc2Cl)N1. The second-order valence-corrected chi connectivity index (χ2v) is 5.51. The van der Waals surface area contributed by atoms with Crippen LogP contribution in [0.15, 0.2) is 6.07 Å². The minimum atomic E-state index is 0.295. The molecule has 1 aliphatic carbocycles. The Kier molecular flexibility index (Phi) is 2.68. The third-order valence-corrected chi connectivity index (χ3v) is 3.87. The number of aromatic nitrogens is 2. The van der Waals surface area contributed by atoms with E-state index in [0.717, 1.165) is 11.6 Å². The van der Waals surface area contributed by atoms with Crippen LogP contribution in [0.1, 0.15) is 56.8 Å². The zero-order valence-corrected chi connectivity index (χ0v) is 10.4. The topological polar surface area (TPSA) is 29.9 Å². The molecule has 0 spiro atoms. The molecule has 1 saturated carbocycles. The van der Waals surface area contributed by atoms with E-state index in [-0.39, 0.29) is 0 Å². The molecule has 0 radical (unpaired) electrons. The zero-order chi connectivity index (χ0) is 11.1. The Bertz CT molecular complexity index is 384. The summed E-state index contributed by atoms with van der Waals surface area (Å²) in [5.74, 6) is 0.680. The molecule has 2 aliphatic rings. The summed E-state index contributed by atoms with van der Waals surface area (Å²) in [5.41, 5.74) is 1.19. The summed E-state index contributed by atoms with van der Waals surface area (Å²) >= 11 is 6.26. The second-order valence-electron chi connectivity index (χ2n) is 5.13. The van der Waals surface area contributed by atoms with Gasteiger partial charge in [-0.25, -0.2) is 4.68 Å². The zero-order valence-electron chi connectivity index (χ0n) is 9.62. The van der Waals surface area contributed by atoms with Gasteiger partial charge in [-0.1, -0.05) is 11.6 Å². The quantitative estimate of drug-likeness (QED) is 0.860. The highest BCUT2D eigenvalue weighted by Crippen LogP contribution is 2.40. The monoisotopic (exact) mass is 239 g/mol. The normalized spacial score (nSPS) is 30.6. The average Bonchev–Trinajstić information content (AvgIpc) is 3.02. The van der Waals surface area contributed by atoms with E-state index in [1.165, 1.54) is 31.4 Å². The third kappa shape index (κ3) is 1.98. The number of piperidine rings is 1. The van der Waals surface area contributed by atoms with Crippen LogP contribution in [0, 0.1) is 0 Å². The van der Waals surface area contributed by atoms with Crippen molar-refractivity contribution in [2.24, 2.45) is 0 Å². The maximum absolute atomic E-state index is 6.26. The van der Waals surface area contributed by atoms with E-state index in [4.69, 9.17) is 11.6 Å². The summed E-state index contributed by atoms with van der Waals surface area (Å²) in [7, 11) is 0. The Morgan fingerprint density at radius 1 is 1.38 bits per heavy atom. The van der Waals surface area contributed by atoms with Crippen molar-refractivity contribution >= 4 is 11.6 Å². The summed E-state index contributed by atoms with van der Waals surface area (Å²) in [6.07, 6.45) is 6.50. The fourth-order valence-corrected chi connectivity index (χ4v) is 2.76. The third-order valence-electron chi connectivity index (χ3n) is 3.59. The average molecular weight is 240 g/mol. The summed E-state index contributed by atoms with van der Waals surface area (Å²) in [4.78, 5) is 0. The molecule has 1 aromatic heterocycles. The van der Waals surface area contributed by atoms with Gasteiger partial charge in [0.05, 0.1) is 5.69 Å². The first-order valence-electron chi connectivity index (χ1n) is 6.25. The molecule has 1 N–H and O–H groups in total. The molecule has 2 atom stereocenters. The van der Waals surface area contributed by atoms with E-state index in [2.05, 4.69) is 17.3 Å². The van der Waals surface area contributed by atoms with Crippen LogP contribution in [0.2, 0.25) is 5.15 Å². The van der Waals surface area contributed by atoms with Crippen LogP contribution < -0.4 is 5.32 Å². The van der Waals surface area contributed by atoms with E-state index >= 15 is 0 Å². The van der Waals surface area contributed by atoms with E-state index < -0.39 is 0 Å². The molecule has 2 heterocycles. The van der Waals surface area contributed by atoms with Crippen molar-refractivity contribution in [3.05, 3.63) is 16.9 Å². The molecule has 0 amide bonds. The van der Waals surface area contributed by atoms with Crippen molar-refractivity contribution < 1.29 is 0 Å². The molecule has 4 heteroatoms. The standard InChI is InChI=1S/C12H18ClN3/c1-8-3-2-4-12(14-8)16-11(13)7-10(15-16)9-5-6-9/h7-9,12,14H,2-6H2,1H3. The smallest absolute Gasteiger partial charge is 0.129 e. The number of nitrogens with zero attached hydrogens (tertiary/aromatic N) is 2. The summed E-state index contributed by atoms with van der Waals surface area (Å²) in [5, 5.41) is 9.00. The molecule has 1 aromatic rings. The Morgan fingerprint density at radius 3 is 2.88 bits per heavy atom. The van der Waals surface area contributed by atoms with Gasteiger partial charge in [0.1, 0.15) is 11.3 Å². The molecule has 3 rings (SSSR count). The number of halogens is 1. The first kappa shape index (κ1) is 10.6. The minimum Gasteiger partial charge on any atom is -0.293 e. The predicted octanol–water partition coefficient (Wildman–Crippen LogP) is 3.07. The van der Waals surface area contributed by atoms with Crippen molar-refractivity contribution in [2.45, 2.75) is 57.2 Å². The fourth-order valence-electron chi connectivity index (χ4n) is 2.49. The van der Waals surface area contributed by atoms with Crippen molar-refractivity contribution in [1.82, 2.24) is 15.1 Å². The Labute approximate surface area is 101 Å². The molecule has 16 heavy (non-hydrogen) atoms. The van der Waals surface area contributed by atoms with E-state index in [9.17, 15) is 0 Å². The van der Waals surface area contributed by atoms with Gasteiger partial charge in [0, 0.05) is 12.0 Å². The van der Waals surface area contributed by atoms with E-state index in [1.54, 1.807) is 0 Å². The van der Waals surface area contributed by atoms with Gasteiger partial charge in [0.15, 0.2) is 0 Å². The van der Waals surface area contributed by atoms with Gasteiger partial charge in [-0.15, -0.1) is 0 Å². The molecule has 1 aliphatic heterocycles. The summed E-state index contributed by atoms with van der Waals surface area (Å²) in [6.45, 7) is 2.23. The van der Waals surface area contributed by atoms with Crippen molar-refractivity contribution in [1.29, 1.82) is 0 Å². The highest BCUT2D eigenvalue weighted by atomic mass is 35.5. The summed E-state index contributed by atoms with van der Waals surface area (Å²) in [6, 6.07) is 2.61. The van der Waals surface area contributed by atoms with Crippen molar-refractivity contribution in [3.8, 4) is 0 Å². The van der Waals surface area contributed by atoms with Crippen LogP contribution in [0.3, 0.4) is 0 Å². The van der Waals surface area contributed by atoms with Gasteiger partial charge in [-0.3, -0.25) is 5.32 Å². The highest BCUT2D eigenvalue weighted by molar-refractivity contribution is 6.29. The Balaban J connectivity index is 1.81. The summed E-state index contributed by atoms with van der Waals surface area (Å²) < 4.78 is 1.98. The number of nitrogens with one attached hydrogen (secondary N) is 1. The maximum Gasteiger partial charge on any atom is 0.129 e. The molecular weight excluding hydrogens is 222 g/mol. The lowest BCUT2D eigenvalue weighted by atomic mass is 10.0. The van der Waals surface area contributed by atoms with Gasteiger partial charge in [0.25, 0.3) is 0 Å². The van der Waals surface area contributed by atoms with Crippen LogP contribution in [-0.4, -0.2) is 15.8 Å². The molecule has 2 unspecified atom stereocenters. The predicted molar refractivity (Wildman–Crippen MR) is 64.7 cm³/mol. The molecule has 3 nitrogen and oxygen atoms in total. The van der Waals surface area contributed by atoms with Crippen molar-refractivity contribution in [3.63, 3.8) is 0 Å². The Hall–Kier alpha value is -0.540. The number of hydrogen-bond donors (Lipinski definition) is 1. The molecule has 0 bridgehead atoms. The van der Waals surface area contributed by atoms with Crippen LogP contribution in [0.25, 0.3) is 0 Å². The maximum atomic E-state index is 6.26. The molecular formula is C12H18ClN3. The van der Waals surface area contributed by atoms with Crippen LogP contribution in [-0.2, 0) is 0 Å². The minimum absolute atomic E-state index is 0.295. The van der Waals surface area contributed by atoms with Gasteiger partial charge < -0.3 is 0 Å². The molecule has 0 aromatic carbocycles. The van der Waals surface area contributed by atoms with E-state index in [1.807, 2.05) is 10.7 Å². The van der Waals surface area contributed by atoms with Gasteiger partial charge in [-0.2, -0.15) is 5.10 Å². The molecule has 2 fully saturated rings. The lowest BCUT2D eigenvalue weighted by Gasteiger charge is -2.29. The van der Waals surface area contributed by atoms with Crippen LogP contribution >= 0.6 is 11.6 Å². The number of rotatable bonds is 2. The van der Waals surface area contributed by atoms with Crippen LogP contribution in [0.4, 0.5) is 0 Å². The lowest BCUT2D eigenvalue weighted by Crippen LogP contribution is -2.38. The van der Waals surface area contributed by atoms with Crippen LogP contribution in [0.5, 0.6) is 0 Å². The van der Waals surface area contributed by atoms with Crippen molar-refractivity contribution in [2.75, 3.05) is 0 Å². The number of hydrogen-bond acceptors (Lipinski definition) is 2. The second kappa shape index (κ2) is 4.04. The van der Waals surface area contributed by atoms with Gasteiger partial charge in [0.2, 0.25) is 0 Å². The largest absolute Gasteiger partial charge is 0.293 e. The first-order valence-corrected chi connectivity index (χ1v) is 6.63. The highest BCUT2D eigenvalue weighted by Gasteiger charge is 2.29. The van der Waals surface area contributed by atoms with Gasteiger partial charge in [-0.05, 0) is 45.1 Å². The van der Waals surface area contributed by atoms with Gasteiger partial charge >= 0.3 is 0 Å². The Morgan fingerprint density at radius 2 is 2.19 bits per heavy atom. The lowest BCUT2D eigenvalue weighted by molar-refractivity contribution is 0.252. The fraction of sp³-hybridized carbons (Fsp3) is 0.750. The van der Waals surface area contributed by atoms with E-state index in [0.29, 0.717) is 18.1 Å². The molecule has 1 saturated heterocycles.